The summed E-state index contributed by atoms with van der Waals surface area (Å²) in [5.41, 5.74) is 3.90. The highest BCUT2D eigenvalue weighted by atomic mass is 35.5. The van der Waals surface area contributed by atoms with Crippen molar-refractivity contribution in [1.29, 1.82) is 0 Å². The monoisotopic (exact) mass is 484 g/mol. The molecule has 1 saturated heterocycles. The van der Waals surface area contributed by atoms with E-state index >= 15 is 0 Å². The van der Waals surface area contributed by atoms with E-state index in [2.05, 4.69) is 10.6 Å². The first-order chi connectivity index (χ1) is 16.9. The van der Waals surface area contributed by atoms with Crippen molar-refractivity contribution >= 4 is 57.8 Å². The summed E-state index contributed by atoms with van der Waals surface area (Å²) < 4.78 is 1.82. The molecule has 0 atom stereocenters. The number of hydrogen-bond acceptors (Lipinski definition) is 3. The Bertz CT molecular complexity index is 1500. The van der Waals surface area contributed by atoms with Crippen molar-refractivity contribution in [2.75, 3.05) is 10.2 Å². The Labute approximate surface area is 206 Å². The summed E-state index contributed by atoms with van der Waals surface area (Å²) >= 11 is 6.03. The number of nitrogens with zero attached hydrogens (tertiary/aromatic N) is 2. The van der Waals surface area contributed by atoms with Gasteiger partial charge in [-0.15, -0.1) is 0 Å². The molecule has 0 spiro atoms. The minimum absolute atomic E-state index is 0.0898. The highest BCUT2D eigenvalue weighted by Crippen LogP contribution is 2.28. The van der Waals surface area contributed by atoms with Crippen LogP contribution < -0.4 is 15.5 Å². The predicted octanol–water partition coefficient (Wildman–Crippen LogP) is 5.34. The summed E-state index contributed by atoms with van der Waals surface area (Å²) in [6.07, 6.45) is 3.43. The molecule has 0 radical (unpaired) electrons. The van der Waals surface area contributed by atoms with Crippen LogP contribution in [0.1, 0.15) is 11.1 Å². The molecule has 1 aromatic heterocycles. The Morgan fingerprint density at radius 2 is 1.80 bits per heavy atom. The molecule has 2 N–H and O–H groups in total. The molecule has 35 heavy (non-hydrogen) atoms. The fraction of sp³-hybridized carbons (Fsp3) is 0.0741. The zero-order chi connectivity index (χ0) is 24.5. The third kappa shape index (κ3) is 4.54. The lowest BCUT2D eigenvalue weighted by Gasteiger charge is -2.11. The fourth-order valence-corrected chi connectivity index (χ4v) is 4.24. The molecular formula is C27H21ClN4O3. The predicted molar refractivity (Wildman–Crippen MR) is 137 cm³/mol. The van der Waals surface area contributed by atoms with Gasteiger partial charge < -0.3 is 15.2 Å². The van der Waals surface area contributed by atoms with Crippen molar-refractivity contribution in [2.45, 2.75) is 13.5 Å². The van der Waals surface area contributed by atoms with Gasteiger partial charge in [-0.3, -0.25) is 9.59 Å². The molecule has 4 amide bonds. The zero-order valence-electron chi connectivity index (χ0n) is 18.8. The first-order valence-electron chi connectivity index (χ1n) is 11.0. The number of urea groups is 1. The lowest BCUT2D eigenvalue weighted by atomic mass is 10.1. The number of fused-ring (bicyclic) bond motifs is 1. The van der Waals surface area contributed by atoms with E-state index in [9.17, 15) is 14.4 Å². The zero-order valence-corrected chi connectivity index (χ0v) is 19.5. The van der Waals surface area contributed by atoms with Gasteiger partial charge in [0.05, 0.1) is 5.69 Å². The molecular weight excluding hydrogens is 464 g/mol. The minimum atomic E-state index is -0.551. The first-order valence-corrected chi connectivity index (χ1v) is 11.3. The number of halogens is 1. The van der Waals surface area contributed by atoms with Crippen LogP contribution in [0.3, 0.4) is 0 Å². The van der Waals surface area contributed by atoms with Crippen LogP contribution in [-0.4, -0.2) is 22.4 Å². The van der Waals surface area contributed by atoms with Crippen LogP contribution in [0, 0.1) is 6.92 Å². The van der Waals surface area contributed by atoms with E-state index in [-0.39, 0.29) is 18.1 Å². The Morgan fingerprint density at radius 3 is 2.57 bits per heavy atom. The Morgan fingerprint density at radius 1 is 1.03 bits per heavy atom. The summed E-state index contributed by atoms with van der Waals surface area (Å²) in [4.78, 5) is 39.4. The van der Waals surface area contributed by atoms with E-state index in [0.29, 0.717) is 16.3 Å². The van der Waals surface area contributed by atoms with Gasteiger partial charge in [0.15, 0.2) is 0 Å². The van der Waals surface area contributed by atoms with Gasteiger partial charge in [0.25, 0.3) is 5.91 Å². The van der Waals surface area contributed by atoms with Crippen molar-refractivity contribution < 1.29 is 14.4 Å². The van der Waals surface area contributed by atoms with Gasteiger partial charge in [0.2, 0.25) is 5.91 Å². The van der Waals surface area contributed by atoms with Crippen LogP contribution >= 0.6 is 11.6 Å². The van der Waals surface area contributed by atoms with Gasteiger partial charge in [-0.1, -0.05) is 53.6 Å². The average molecular weight is 485 g/mol. The Balaban J connectivity index is 1.43. The van der Waals surface area contributed by atoms with E-state index in [1.807, 2.05) is 60.0 Å². The number of hydrogen-bond donors (Lipinski definition) is 2. The standard InChI is InChI=1S/C27H21ClN4O3/c1-17-9-11-20(12-10-17)29-25(33)16-31-15-18(22-7-2-3-8-24(22)31)13-23-26(34)32(27(35)30-23)21-6-4-5-19(28)14-21/h2-15H,16H2,1H3,(H,29,33)(H,30,35)/b23-13+. The van der Waals surface area contributed by atoms with Crippen LogP contribution in [-0.2, 0) is 16.1 Å². The summed E-state index contributed by atoms with van der Waals surface area (Å²) in [5.74, 6) is -0.655. The van der Waals surface area contributed by atoms with E-state index in [4.69, 9.17) is 11.6 Å². The molecule has 0 saturated carbocycles. The molecule has 4 aromatic rings. The van der Waals surface area contributed by atoms with Crippen LogP contribution in [0.4, 0.5) is 16.2 Å². The second-order valence-electron chi connectivity index (χ2n) is 8.25. The number of imide groups is 1. The first kappa shape index (κ1) is 22.4. The number of carbonyl (C=O) groups excluding carboxylic acids is 3. The summed E-state index contributed by atoms with van der Waals surface area (Å²) in [7, 11) is 0. The SMILES string of the molecule is Cc1ccc(NC(=O)Cn2cc(/C=C3/NC(=O)N(c4cccc(Cl)c4)C3=O)c3ccccc32)cc1. The molecule has 1 aliphatic heterocycles. The molecule has 174 valence electrons. The largest absolute Gasteiger partial charge is 0.337 e. The van der Waals surface area contributed by atoms with E-state index in [1.54, 1.807) is 36.5 Å². The van der Waals surface area contributed by atoms with Gasteiger partial charge in [-0.2, -0.15) is 0 Å². The summed E-state index contributed by atoms with van der Waals surface area (Å²) in [6, 6.07) is 21.2. The maximum Gasteiger partial charge on any atom is 0.333 e. The number of aromatic nitrogens is 1. The smallest absolute Gasteiger partial charge is 0.333 e. The molecule has 3 aromatic carbocycles. The Hall–Kier alpha value is -4.36. The quantitative estimate of drug-likeness (QED) is 0.296. The molecule has 1 aliphatic rings. The molecule has 0 aliphatic carbocycles. The number of aryl methyl sites for hydroxylation is 1. The van der Waals surface area contributed by atoms with Gasteiger partial charge in [0.1, 0.15) is 12.2 Å². The van der Waals surface area contributed by atoms with Crippen molar-refractivity contribution in [3.05, 3.63) is 101 Å². The number of para-hydroxylation sites is 1. The highest BCUT2D eigenvalue weighted by Gasteiger charge is 2.35. The number of amides is 4. The van der Waals surface area contributed by atoms with Crippen molar-refractivity contribution in [3.8, 4) is 0 Å². The van der Waals surface area contributed by atoms with Crippen molar-refractivity contribution in [1.82, 2.24) is 9.88 Å². The van der Waals surface area contributed by atoms with E-state index in [1.165, 1.54) is 0 Å². The Kier molecular flexibility index (Phi) is 5.84. The second kappa shape index (κ2) is 9.12. The third-order valence-corrected chi connectivity index (χ3v) is 5.95. The maximum atomic E-state index is 13.0. The molecule has 8 heteroatoms. The van der Waals surface area contributed by atoms with Crippen molar-refractivity contribution in [3.63, 3.8) is 0 Å². The van der Waals surface area contributed by atoms with Crippen LogP contribution in [0.2, 0.25) is 5.02 Å². The highest BCUT2D eigenvalue weighted by molar-refractivity contribution is 6.32. The van der Waals surface area contributed by atoms with E-state index in [0.717, 1.165) is 27.1 Å². The minimum Gasteiger partial charge on any atom is -0.337 e. The van der Waals surface area contributed by atoms with Gasteiger partial charge >= 0.3 is 6.03 Å². The number of carbonyl (C=O) groups is 3. The van der Waals surface area contributed by atoms with Crippen LogP contribution in [0.15, 0.2) is 84.7 Å². The van der Waals surface area contributed by atoms with Crippen LogP contribution in [0.5, 0.6) is 0 Å². The average Bonchev–Trinajstić information content (AvgIpc) is 3.31. The summed E-state index contributed by atoms with van der Waals surface area (Å²) in [5, 5.41) is 6.82. The molecule has 1 fully saturated rings. The normalized spacial score (nSPS) is 14.6. The second-order valence-corrected chi connectivity index (χ2v) is 8.69. The molecule has 5 rings (SSSR count). The number of benzene rings is 3. The van der Waals surface area contributed by atoms with E-state index < -0.39 is 11.9 Å². The van der Waals surface area contributed by atoms with Crippen LogP contribution in [0.25, 0.3) is 17.0 Å². The van der Waals surface area contributed by atoms with Gasteiger partial charge in [-0.05, 0) is 49.4 Å². The van der Waals surface area contributed by atoms with Gasteiger partial charge in [-0.25, -0.2) is 9.69 Å². The number of rotatable bonds is 5. The molecule has 0 bridgehead atoms. The molecule has 2 heterocycles. The maximum absolute atomic E-state index is 13.0. The fourth-order valence-electron chi connectivity index (χ4n) is 4.05. The lowest BCUT2D eigenvalue weighted by molar-refractivity contribution is -0.116. The topological polar surface area (TPSA) is 83.4 Å². The summed E-state index contributed by atoms with van der Waals surface area (Å²) in [6.45, 7) is 2.08. The van der Waals surface area contributed by atoms with Gasteiger partial charge in [0, 0.05) is 33.4 Å². The molecule has 7 nitrogen and oxygen atoms in total. The third-order valence-electron chi connectivity index (χ3n) is 5.71. The molecule has 0 unspecified atom stereocenters. The number of anilines is 2. The number of nitrogens with one attached hydrogen (secondary N) is 2. The lowest BCUT2D eigenvalue weighted by Crippen LogP contribution is -2.30. The van der Waals surface area contributed by atoms with Crippen molar-refractivity contribution in [2.24, 2.45) is 0 Å².